The Kier molecular flexibility index (Phi) is 2.31. The van der Waals surface area contributed by atoms with E-state index in [2.05, 4.69) is 0 Å². The molecule has 4 nitrogen and oxygen atoms in total. The van der Waals surface area contributed by atoms with Crippen molar-refractivity contribution in [2.24, 2.45) is 10.8 Å². The second-order valence-corrected chi connectivity index (χ2v) is 11.0. The fourth-order valence-corrected chi connectivity index (χ4v) is 10.8. The van der Waals surface area contributed by atoms with E-state index in [9.17, 15) is 16.8 Å². The minimum Gasteiger partial charge on any atom is -0.227 e. The van der Waals surface area contributed by atoms with Crippen LogP contribution in [-0.2, 0) is 19.7 Å². The Morgan fingerprint density at radius 3 is 1.53 bits per heavy atom. The number of hydrogen-bond donors (Lipinski definition) is 0. The van der Waals surface area contributed by atoms with E-state index in [0.717, 1.165) is 6.42 Å². The van der Waals surface area contributed by atoms with Crippen LogP contribution >= 0.6 is 23.2 Å². The number of alkyl halides is 2. The van der Waals surface area contributed by atoms with Crippen LogP contribution in [0.2, 0.25) is 0 Å². The van der Waals surface area contributed by atoms with Crippen molar-refractivity contribution in [3.63, 3.8) is 0 Å². The molecule has 0 aromatic heterocycles. The highest BCUT2D eigenvalue weighted by atomic mass is 35.5. The summed E-state index contributed by atoms with van der Waals surface area (Å²) in [5.74, 6) is -0.358. The van der Waals surface area contributed by atoms with Crippen LogP contribution in [0.3, 0.4) is 0 Å². The van der Waals surface area contributed by atoms with Gasteiger partial charge in [-0.25, -0.2) is 16.8 Å². The molecule has 8 heteroatoms. The minimum atomic E-state index is -3.43. The molecule has 3 rings (SSSR count). The Morgan fingerprint density at radius 1 is 0.824 bits per heavy atom. The number of sulfone groups is 2. The molecular weight excluding hydrogens is 307 g/mol. The molecule has 98 valence electrons. The summed E-state index contributed by atoms with van der Waals surface area (Å²) >= 11 is 12.1. The Hall–Kier alpha value is 0.480. The highest BCUT2D eigenvalue weighted by molar-refractivity contribution is 7.95. The molecule has 1 aliphatic carbocycles. The van der Waals surface area contributed by atoms with Gasteiger partial charge in [0.1, 0.15) is 9.42 Å². The van der Waals surface area contributed by atoms with Gasteiger partial charge in [0.15, 0.2) is 19.7 Å². The third-order valence-corrected chi connectivity index (χ3v) is 11.1. The summed E-state index contributed by atoms with van der Waals surface area (Å²) in [6.45, 7) is 0. The van der Waals surface area contributed by atoms with Crippen LogP contribution in [0.4, 0.5) is 0 Å². The monoisotopic (exact) mass is 318 g/mol. The molecule has 0 aromatic carbocycles. The van der Waals surface area contributed by atoms with Crippen LogP contribution in [0, 0.1) is 10.8 Å². The first-order valence-corrected chi connectivity index (χ1v) is 9.70. The summed E-state index contributed by atoms with van der Waals surface area (Å²) in [6, 6.07) is 0. The zero-order chi connectivity index (χ0) is 12.7. The van der Waals surface area contributed by atoms with Crippen molar-refractivity contribution in [2.75, 3.05) is 11.5 Å². The predicted octanol–water partition coefficient (Wildman–Crippen LogP) is 1.13. The van der Waals surface area contributed by atoms with Gasteiger partial charge in [-0.1, -0.05) is 6.42 Å². The van der Waals surface area contributed by atoms with E-state index < -0.39 is 39.9 Å². The lowest BCUT2D eigenvalue weighted by Crippen LogP contribution is -2.39. The molecule has 0 bridgehead atoms. The highest BCUT2D eigenvalue weighted by Crippen LogP contribution is 2.70. The van der Waals surface area contributed by atoms with Gasteiger partial charge in [0.25, 0.3) is 0 Å². The summed E-state index contributed by atoms with van der Waals surface area (Å²) in [5, 5.41) is 0. The van der Waals surface area contributed by atoms with E-state index in [1.807, 2.05) is 0 Å². The predicted molar refractivity (Wildman–Crippen MR) is 65.6 cm³/mol. The molecule has 0 aromatic rings. The van der Waals surface area contributed by atoms with E-state index in [4.69, 9.17) is 23.2 Å². The molecule has 3 fully saturated rings. The summed E-state index contributed by atoms with van der Waals surface area (Å²) < 4.78 is 45.6. The van der Waals surface area contributed by atoms with Crippen molar-refractivity contribution in [1.82, 2.24) is 0 Å². The largest absolute Gasteiger partial charge is 0.227 e. The van der Waals surface area contributed by atoms with Gasteiger partial charge in [-0.15, -0.1) is 23.2 Å². The molecule has 0 spiro atoms. The van der Waals surface area contributed by atoms with E-state index in [1.165, 1.54) is 0 Å². The molecule has 1 saturated carbocycles. The van der Waals surface area contributed by atoms with E-state index >= 15 is 0 Å². The molecular formula is C9H12Cl2O4S2. The van der Waals surface area contributed by atoms with Crippen LogP contribution in [0.1, 0.15) is 19.3 Å². The fraction of sp³-hybridized carbons (Fsp3) is 1.00. The Bertz CT molecular complexity index is 532. The zero-order valence-electron chi connectivity index (χ0n) is 8.90. The maximum atomic E-state index is 11.9. The molecule has 2 heterocycles. The van der Waals surface area contributed by atoms with Crippen molar-refractivity contribution in [3.05, 3.63) is 0 Å². The lowest BCUT2D eigenvalue weighted by atomic mass is 9.70. The molecule has 0 radical (unpaired) electrons. The summed E-state index contributed by atoms with van der Waals surface area (Å²) in [7, 11) is -6.86. The molecule has 3 aliphatic rings. The normalized spacial score (nSPS) is 54.5. The first-order valence-electron chi connectivity index (χ1n) is 5.39. The van der Waals surface area contributed by atoms with Gasteiger partial charge < -0.3 is 0 Å². The third kappa shape index (κ3) is 1.21. The summed E-state index contributed by atoms with van der Waals surface area (Å²) in [6.07, 6.45) is 1.89. The first kappa shape index (κ1) is 12.5. The van der Waals surface area contributed by atoms with Crippen LogP contribution in [0.5, 0.6) is 0 Å². The van der Waals surface area contributed by atoms with Crippen molar-refractivity contribution in [1.29, 1.82) is 0 Å². The van der Waals surface area contributed by atoms with E-state index in [0.29, 0.717) is 12.8 Å². The average Bonchev–Trinajstić information content (AvgIpc) is 2.66. The Labute approximate surface area is 110 Å². The standard InChI is InChI=1S/C9H12Cl2O4S2/c10-6-8-2-1-3-9(8,5-17(6,14)15)7(11)16(12,13)4-8/h6-7H,1-5H2/t6-,7+,8-,9-/m0/s1. The maximum absolute atomic E-state index is 11.9. The molecule has 2 saturated heterocycles. The van der Waals surface area contributed by atoms with Crippen LogP contribution in [0.25, 0.3) is 0 Å². The van der Waals surface area contributed by atoms with Crippen molar-refractivity contribution in [2.45, 2.75) is 28.7 Å². The molecule has 4 atom stereocenters. The van der Waals surface area contributed by atoms with Gasteiger partial charge in [-0.3, -0.25) is 0 Å². The van der Waals surface area contributed by atoms with E-state index in [-0.39, 0.29) is 11.5 Å². The zero-order valence-corrected chi connectivity index (χ0v) is 12.0. The van der Waals surface area contributed by atoms with Gasteiger partial charge in [0.2, 0.25) is 0 Å². The molecule has 0 unspecified atom stereocenters. The topological polar surface area (TPSA) is 68.3 Å². The number of rotatable bonds is 0. The lowest BCUT2D eigenvalue weighted by Gasteiger charge is -2.33. The van der Waals surface area contributed by atoms with Gasteiger partial charge in [-0.2, -0.15) is 0 Å². The SMILES string of the molecule is O=S1(=O)C[C@]23CCC[C@]2(CS(=O)(=O)[C@H]3Cl)[C@H]1Cl. The van der Waals surface area contributed by atoms with Crippen LogP contribution < -0.4 is 0 Å². The Morgan fingerprint density at radius 2 is 1.18 bits per heavy atom. The first-order chi connectivity index (χ1) is 7.68. The molecule has 0 amide bonds. The van der Waals surface area contributed by atoms with Gasteiger partial charge in [-0.05, 0) is 12.8 Å². The van der Waals surface area contributed by atoms with Gasteiger partial charge >= 0.3 is 0 Å². The average molecular weight is 319 g/mol. The Balaban J connectivity index is 2.28. The van der Waals surface area contributed by atoms with Crippen LogP contribution in [0.15, 0.2) is 0 Å². The molecule has 0 N–H and O–H groups in total. The number of halogens is 2. The smallest absolute Gasteiger partial charge is 0.168 e. The van der Waals surface area contributed by atoms with Crippen molar-refractivity contribution in [3.8, 4) is 0 Å². The highest BCUT2D eigenvalue weighted by Gasteiger charge is 2.77. The minimum absolute atomic E-state index is 0.179. The van der Waals surface area contributed by atoms with Crippen molar-refractivity contribution < 1.29 is 16.8 Å². The van der Waals surface area contributed by atoms with Gasteiger partial charge in [0, 0.05) is 10.8 Å². The quantitative estimate of drug-likeness (QED) is 0.628. The second kappa shape index (κ2) is 3.14. The molecule has 2 aliphatic heterocycles. The maximum Gasteiger partial charge on any atom is 0.168 e. The molecule has 17 heavy (non-hydrogen) atoms. The summed E-state index contributed by atoms with van der Waals surface area (Å²) in [5.41, 5.74) is -1.70. The van der Waals surface area contributed by atoms with Crippen LogP contribution in [-0.4, -0.2) is 37.8 Å². The summed E-state index contributed by atoms with van der Waals surface area (Å²) in [4.78, 5) is 0. The van der Waals surface area contributed by atoms with Crippen molar-refractivity contribution >= 4 is 42.9 Å². The fourth-order valence-electron chi connectivity index (χ4n) is 4.01. The number of hydrogen-bond acceptors (Lipinski definition) is 4. The third-order valence-electron chi connectivity index (χ3n) is 4.65. The lowest BCUT2D eigenvalue weighted by molar-refractivity contribution is 0.190. The van der Waals surface area contributed by atoms with Gasteiger partial charge in [0.05, 0.1) is 11.5 Å². The van der Waals surface area contributed by atoms with E-state index in [1.54, 1.807) is 0 Å². The second-order valence-electron chi connectivity index (χ2n) is 5.41.